The molecule has 1 saturated heterocycles. The van der Waals surface area contributed by atoms with Crippen LogP contribution in [0.2, 0.25) is 0 Å². The number of carbonyl (C=O) groups excluding carboxylic acids is 3. The van der Waals surface area contributed by atoms with Gasteiger partial charge in [-0.2, -0.15) is 0 Å². The normalized spacial score (nSPS) is 27.1. The average Bonchev–Trinajstić information content (AvgIpc) is 3.10. The highest BCUT2D eigenvalue weighted by molar-refractivity contribution is 7.54. The van der Waals surface area contributed by atoms with Crippen LogP contribution in [0.4, 0.5) is 0 Å². The van der Waals surface area contributed by atoms with E-state index in [2.05, 4.69) is 22.1 Å². The monoisotopic (exact) mass is 618 g/mol. The lowest BCUT2D eigenvalue weighted by molar-refractivity contribution is -0.146. The Hall–Kier alpha value is -2.32. The smallest absolute Gasteiger partial charge is 0.342 e. The second kappa shape index (κ2) is 15.4. The van der Waals surface area contributed by atoms with Gasteiger partial charge in [-0.25, -0.2) is 10.2 Å². The molecule has 1 amide bonds. The molecule has 0 aromatic carbocycles. The summed E-state index contributed by atoms with van der Waals surface area (Å²) in [5.74, 6) is -1.59. The Kier molecular flexibility index (Phi) is 13.2. The van der Waals surface area contributed by atoms with Gasteiger partial charge in [0.15, 0.2) is 6.23 Å². The van der Waals surface area contributed by atoms with E-state index in [4.69, 9.17) is 18.7 Å². The molecule has 2 heterocycles. The fourth-order valence-electron chi connectivity index (χ4n) is 4.62. The minimum Gasteiger partial charge on any atom is -0.465 e. The predicted molar refractivity (Wildman–Crippen MR) is 153 cm³/mol. The minimum atomic E-state index is -4.27. The number of hydrogen-bond donors (Lipinski definition) is 5. The van der Waals surface area contributed by atoms with E-state index in [0.29, 0.717) is 0 Å². The van der Waals surface area contributed by atoms with Crippen LogP contribution >= 0.6 is 7.67 Å². The highest BCUT2D eigenvalue weighted by Gasteiger charge is 2.55. The van der Waals surface area contributed by atoms with Crippen LogP contribution in [-0.2, 0) is 37.7 Å². The summed E-state index contributed by atoms with van der Waals surface area (Å²) >= 11 is 0. The van der Waals surface area contributed by atoms with E-state index in [-0.39, 0.29) is 43.7 Å². The zero-order valence-electron chi connectivity index (χ0n) is 25.5. The Bertz CT molecular complexity index is 1010. The van der Waals surface area contributed by atoms with Gasteiger partial charge in [0, 0.05) is 12.3 Å². The summed E-state index contributed by atoms with van der Waals surface area (Å²) in [5.41, 5.74) is -1.87. The van der Waals surface area contributed by atoms with Crippen molar-refractivity contribution in [3.8, 4) is 0 Å². The van der Waals surface area contributed by atoms with Gasteiger partial charge in [-0.3, -0.25) is 18.9 Å². The Morgan fingerprint density at radius 1 is 1.12 bits per heavy atom. The molecule has 2 aliphatic heterocycles. The Labute approximate surface area is 247 Å². The summed E-state index contributed by atoms with van der Waals surface area (Å²) in [6.07, 6.45) is -0.864. The SMILES string of the molecule is C=C1NC(=O)C=CN1[C@@H]1O[C@H](COP(=O)(NC(CC(C)C)C(=O)OCC)NC(CC(C)C)C(=O)OCC)C(O)[C@]1(C)O. The summed E-state index contributed by atoms with van der Waals surface area (Å²) < 4.78 is 36.5. The molecule has 0 aromatic heterocycles. The third kappa shape index (κ3) is 9.60. The van der Waals surface area contributed by atoms with Crippen LogP contribution in [-0.4, -0.2) is 88.9 Å². The van der Waals surface area contributed by atoms with Crippen LogP contribution in [0.25, 0.3) is 0 Å². The van der Waals surface area contributed by atoms with Crippen molar-refractivity contribution in [3.05, 3.63) is 24.7 Å². The first kappa shape index (κ1) is 35.9. The first-order valence-electron chi connectivity index (χ1n) is 14.2. The maximum atomic E-state index is 14.4. The molecule has 0 aromatic rings. The Morgan fingerprint density at radius 2 is 1.62 bits per heavy atom. The maximum Gasteiger partial charge on any atom is 0.342 e. The van der Waals surface area contributed by atoms with Gasteiger partial charge >= 0.3 is 19.6 Å². The molecule has 3 unspecified atom stereocenters. The number of aliphatic hydroxyl groups excluding tert-OH is 1. The summed E-state index contributed by atoms with van der Waals surface area (Å²) in [6.45, 7) is 15.6. The fraction of sp³-hybridized carbons (Fsp3) is 0.741. The molecule has 0 spiro atoms. The van der Waals surface area contributed by atoms with E-state index in [1.807, 2.05) is 27.7 Å². The molecule has 2 aliphatic rings. The van der Waals surface area contributed by atoms with Crippen LogP contribution < -0.4 is 15.5 Å². The lowest BCUT2D eigenvalue weighted by atomic mass is 9.96. The molecular formula is C27H47N4O10P. The van der Waals surface area contributed by atoms with Crippen molar-refractivity contribution in [1.29, 1.82) is 0 Å². The van der Waals surface area contributed by atoms with Crippen molar-refractivity contribution >= 4 is 25.5 Å². The van der Waals surface area contributed by atoms with E-state index in [1.165, 1.54) is 24.1 Å². The molecule has 14 nitrogen and oxygen atoms in total. The zero-order valence-corrected chi connectivity index (χ0v) is 26.4. The van der Waals surface area contributed by atoms with E-state index < -0.39 is 68.2 Å². The number of nitrogens with one attached hydrogen (secondary N) is 3. The van der Waals surface area contributed by atoms with Crippen molar-refractivity contribution in [3.63, 3.8) is 0 Å². The van der Waals surface area contributed by atoms with E-state index in [1.54, 1.807) is 13.8 Å². The quantitative estimate of drug-likeness (QED) is 0.124. The summed E-state index contributed by atoms with van der Waals surface area (Å²) in [6, 6.07) is -2.11. The number of carbonyl (C=O) groups is 3. The molecule has 0 saturated carbocycles. The average molecular weight is 619 g/mol. The minimum absolute atomic E-state index is 0.00101. The van der Waals surface area contributed by atoms with Crippen LogP contribution in [0, 0.1) is 11.8 Å². The van der Waals surface area contributed by atoms with Gasteiger partial charge < -0.3 is 39.2 Å². The topological polar surface area (TPSA) is 185 Å². The van der Waals surface area contributed by atoms with E-state index in [0.717, 1.165) is 0 Å². The third-order valence-corrected chi connectivity index (χ3v) is 8.42. The van der Waals surface area contributed by atoms with Crippen LogP contribution in [0.1, 0.15) is 61.3 Å². The van der Waals surface area contributed by atoms with Crippen LogP contribution in [0.3, 0.4) is 0 Å². The largest absolute Gasteiger partial charge is 0.465 e. The number of ether oxygens (including phenoxy) is 3. The molecular weight excluding hydrogens is 571 g/mol. The van der Waals surface area contributed by atoms with E-state index in [9.17, 15) is 29.2 Å². The van der Waals surface area contributed by atoms with Crippen LogP contribution in [0.15, 0.2) is 24.7 Å². The molecule has 6 atom stereocenters. The van der Waals surface area contributed by atoms with Crippen molar-refractivity contribution in [2.24, 2.45) is 11.8 Å². The molecule has 42 heavy (non-hydrogen) atoms. The number of nitrogens with zero attached hydrogens (tertiary/aromatic N) is 1. The lowest BCUT2D eigenvalue weighted by Crippen LogP contribution is -2.53. The van der Waals surface area contributed by atoms with Crippen molar-refractivity contribution in [2.45, 2.75) is 97.4 Å². The first-order chi connectivity index (χ1) is 19.5. The molecule has 2 rings (SSSR count). The third-order valence-electron chi connectivity index (χ3n) is 6.60. The number of amides is 1. The molecule has 1 fully saturated rings. The van der Waals surface area contributed by atoms with Gasteiger partial charge in [-0.1, -0.05) is 34.3 Å². The van der Waals surface area contributed by atoms with Crippen molar-refractivity contribution in [1.82, 2.24) is 20.4 Å². The van der Waals surface area contributed by atoms with Gasteiger partial charge in [0.05, 0.1) is 19.8 Å². The summed E-state index contributed by atoms with van der Waals surface area (Å²) in [4.78, 5) is 38.6. The molecule has 240 valence electrons. The van der Waals surface area contributed by atoms with Crippen molar-refractivity contribution < 1.29 is 47.9 Å². The molecule has 15 heteroatoms. The molecule has 5 N–H and O–H groups in total. The number of aliphatic hydroxyl groups is 2. The molecule has 0 bridgehead atoms. The first-order valence-corrected chi connectivity index (χ1v) is 15.8. The second-order valence-electron chi connectivity index (χ2n) is 11.3. The fourth-order valence-corrected chi connectivity index (χ4v) is 6.44. The highest BCUT2D eigenvalue weighted by Crippen LogP contribution is 2.43. The lowest BCUT2D eigenvalue weighted by Gasteiger charge is -2.37. The van der Waals surface area contributed by atoms with Gasteiger partial charge in [0.2, 0.25) is 0 Å². The predicted octanol–water partition coefficient (Wildman–Crippen LogP) is 1.50. The zero-order chi connectivity index (χ0) is 31.8. The standard InChI is InChI=1S/C27H47N4O10P/c1-9-38-24(34)19(13-16(3)4)29-42(37,30-20(14-17(5)6)25(35)39-10-2)40-15-21-23(33)27(8,36)26(41-21)31-12-11-22(32)28-18(31)7/h11-12,16-17,19-21,23,26,33,36H,7,9-10,13-15H2,1-6,8H3,(H,28,32)(H2,29,30,37)/t19?,20?,21-,23?,26-,27+,42?/m1/s1. The van der Waals surface area contributed by atoms with Gasteiger partial charge in [0.1, 0.15) is 35.7 Å². The number of hydrogen-bond acceptors (Lipinski definition) is 11. The number of rotatable bonds is 16. The number of esters is 2. The van der Waals surface area contributed by atoms with Gasteiger partial charge in [-0.15, -0.1) is 0 Å². The van der Waals surface area contributed by atoms with E-state index >= 15 is 0 Å². The Balaban J connectivity index is 2.37. The summed E-state index contributed by atoms with van der Waals surface area (Å²) in [7, 11) is -4.27. The Morgan fingerprint density at radius 3 is 2.05 bits per heavy atom. The van der Waals surface area contributed by atoms with Crippen molar-refractivity contribution in [2.75, 3.05) is 19.8 Å². The molecule has 0 aliphatic carbocycles. The molecule has 0 radical (unpaired) electrons. The highest BCUT2D eigenvalue weighted by atomic mass is 31.2. The van der Waals surface area contributed by atoms with Gasteiger partial charge in [-0.05, 0) is 45.4 Å². The maximum absolute atomic E-state index is 14.4. The second-order valence-corrected chi connectivity index (χ2v) is 13.2. The summed E-state index contributed by atoms with van der Waals surface area (Å²) in [5, 5.41) is 30.1. The van der Waals surface area contributed by atoms with Crippen LogP contribution in [0.5, 0.6) is 0 Å². The van der Waals surface area contributed by atoms with Gasteiger partial charge in [0.25, 0.3) is 5.91 Å².